The van der Waals surface area contributed by atoms with E-state index < -0.39 is 0 Å². The second kappa shape index (κ2) is 5.80. The molecule has 0 saturated carbocycles. The number of carbonyl (C=O) groups excluding carboxylic acids is 1. The van der Waals surface area contributed by atoms with Crippen LogP contribution in [0.15, 0.2) is 0 Å². The predicted molar refractivity (Wildman–Crippen MR) is 69.3 cm³/mol. The van der Waals surface area contributed by atoms with Crippen molar-refractivity contribution in [3.63, 3.8) is 0 Å². The molecule has 1 atom stereocenters. The highest BCUT2D eigenvalue weighted by Gasteiger charge is 2.32. The molecule has 1 fully saturated rings. The van der Waals surface area contributed by atoms with E-state index in [1.54, 1.807) is 0 Å². The van der Waals surface area contributed by atoms with E-state index in [1.165, 1.54) is 0 Å². The van der Waals surface area contributed by atoms with Crippen molar-refractivity contribution in [1.82, 2.24) is 15.2 Å². The lowest BCUT2D eigenvalue weighted by Gasteiger charge is -2.47. The lowest BCUT2D eigenvalue weighted by Crippen LogP contribution is -2.59. The van der Waals surface area contributed by atoms with Gasteiger partial charge in [0, 0.05) is 37.6 Å². The van der Waals surface area contributed by atoms with E-state index in [2.05, 4.69) is 43.0 Å². The Labute approximate surface area is 104 Å². The topological polar surface area (TPSA) is 61.6 Å². The number of piperazine rings is 1. The fourth-order valence-electron chi connectivity index (χ4n) is 2.25. The van der Waals surface area contributed by atoms with E-state index in [4.69, 9.17) is 5.84 Å². The first-order chi connectivity index (χ1) is 7.86. The molecule has 1 aliphatic rings. The molecule has 0 radical (unpaired) electrons. The zero-order valence-corrected chi connectivity index (χ0v) is 11.5. The molecule has 1 unspecified atom stereocenters. The van der Waals surface area contributed by atoms with Gasteiger partial charge in [-0.25, -0.2) is 5.84 Å². The SMILES string of the molecule is CC(CCC(=O)NN)N1CCN(C)C(C)(C)C1. The summed E-state index contributed by atoms with van der Waals surface area (Å²) in [5.74, 6) is 5.00. The molecule has 0 aromatic heterocycles. The van der Waals surface area contributed by atoms with Gasteiger partial charge in [0.15, 0.2) is 0 Å². The highest BCUT2D eigenvalue weighted by atomic mass is 16.2. The predicted octanol–water partition coefficient (Wildman–Crippen LogP) is 0.171. The summed E-state index contributed by atoms with van der Waals surface area (Å²) in [4.78, 5) is 16.0. The van der Waals surface area contributed by atoms with Crippen LogP contribution in [0.5, 0.6) is 0 Å². The van der Waals surface area contributed by atoms with Gasteiger partial charge in [-0.3, -0.25) is 20.0 Å². The van der Waals surface area contributed by atoms with Crippen LogP contribution in [0.25, 0.3) is 0 Å². The number of hydrogen-bond acceptors (Lipinski definition) is 4. The number of nitrogens with two attached hydrogens (primary N) is 1. The smallest absolute Gasteiger partial charge is 0.233 e. The average molecular weight is 242 g/mol. The van der Waals surface area contributed by atoms with Crippen LogP contribution in [0.1, 0.15) is 33.6 Å². The van der Waals surface area contributed by atoms with Gasteiger partial charge in [-0.15, -0.1) is 0 Å². The maximum absolute atomic E-state index is 11.1. The Balaban J connectivity index is 2.42. The maximum atomic E-state index is 11.1. The molecule has 3 N–H and O–H groups in total. The summed E-state index contributed by atoms with van der Waals surface area (Å²) in [5.41, 5.74) is 2.39. The molecule has 5 heteroatoms. The Morgan fingerprint density at radius 1 is 1.47 bits per heavy atom. The monoisotopic (exact) mass is 242 g/mol. The van der Waals surface area contributed by atoms with Crippen molar-refractivity contribution < 1.29 is 4.79 Å². The van der Waals surface area contributed by atoms with Gasteiger partial charge in [-0.1, -0.05) is 0 Å². The molecule has 0 aliphatic carbocycles. The summed E-state index contributed by atoms with van der Waals surface area (Å²) >= 11 is 0. The van der Waals surface area contributed by atoms with Crippen molar-refractivity contribution in [2.75, 3.05) is 26.7 Å². The fraction of sp³-hybridized carbons (Fsp3) is 0.917. The lowest BCUT2D eigenvalue weighted by molar-refractivity contribution is -0.121. The number of nitrogens with one attached hydrogen (secondary N) is 1. The summed E-state index contributed by atoms with van der Waals surface area (Å²) in [5, 5.41) is 0. The lowest BCUT2D eigenvalue weighted by atomic mass is 9.97. The van der Waals surface area contributed by atoms with E-state index in [0.717, 1.165) is 26.1 Å². The molecule has 1 aliphatic heterocycles. The first kappa shape index (κ1) is 14.4. The normalized spacial score (nSPS) is 23.4. The van der Waals surface area contributed by atoms with Crippen LogP contribution >= 0.6 is 0 Å². The third-order valence-corrected chi connectivity index (χ3v) is 3.92. The molecule has 1 amide bonds. The van der Waals surface area contributed by atoms with E-state index in [0.29, 0.717) is 12.5 Å². The first-order valence-corrected chi connectivity index (χ1v) is 6.31. The van der Waals surface area contributed by atoms with Crippen molar-refractivity contribution in [1.29, 1.82) is 0 Å². The zero-order chi connectivity index (χ0) is 13.1. The molecule has 0 aromatic rings. The van der Waals surface area contributed by atoms with Gasteiger partial charge in [0.25, 0.3) is 0 Å². The first-order valence-electron chi connectivity index (χ1n) is 6.31. The minimum Gasteiger partial charge on any atom is -0.299 e. The van der Waals surface area contributed by atoms with Crippen LogP contribution in [-0.2, 0) is 4.79 Å². The van der Waals surface area contributed by atoms with Gasteiger partial charge in [0.05, 0.1) is 0 Å². The zero-order valence-electron chi connectivity index (χ0n) is 11.5. The number of nitrogens with zero attached hydrogens (tertiary/aromatic N) is 2. The molecule has 5 nitrogen and oxygen atoms in total. The summed E-state index contributed by atoms with van der Waals surface area (Å²) in [6.07, 6.45) is 1.37. The van der Waals surface area contributed by atoms with Gasteiger partial charge in [-0.05, 0) is 34.2 Å². The molecule has 0 aromatic carbocycles. The number of amides is 1. The standard InChI is InChI=1S/C12H26N4O/c1-10(5-6-11(17)14-13)16-8-7-15(4)12(2,3)9-16/h10H,5-9,13H2,1-4H3,(H,14,17). The molecule has 1 heterocycles. The Morgan fingerprint density at radius 3 is 2.65 bits per heavy atom. The van der Waals surface area contributed by atoms with Crippen molar-refractivity contribution in [3.05, 3.63) is 0 Å². The highest BCUT2D eigenvalue weighted by Crippen LogP contribution is 2.21. The number of carbonyl (C=O) groups is 1. The van der Waals surface area contributed by atoms with Crippen LogP contribution in [0.4, 0.5) is 0 Å². The maximum Gasteiger partial charge on any atom is 0.233 e. The summed E-state index contributed by atoms with van der Waals surface area (Å²) in [7, 11) is 2.17. The fourth-order valence-corrected chi connectivity index (χ4v) is 2.25. The average Bonchev–Trinajstić information content (AvgIpc) is 2.28. The van der Waals surface area contributed by atoms with Crippen molar-refractivity contribution in [2.24, 2.45) is 5.84 Å². The molecular formula is C12H26N4O. The minimum absolute atomic E-state index is 0.0785. The van der Waals surface area contributed by atoms with Crippen LogP contribution in [0.3, 0.4) is 0 Å². The summed E-state index contributed by atoms with van der Waals surface area (Å²) < 4.78 is 0. The molecule has 17 heavy (non-hydrogen) atoms. The Bertz CT molecular complexity index is 267. The van der Waals surface area contributed by atoms with Crippen molar-refractivity contribution in [2.45, 2.75) is 45.2 Å². The highest BCUT2D eigenvalue weighted by molar-refractivity contribution is 5.75. The molecular weight excluding hydrogens is 216 g/mol. The summed E-state index contributed by atoms with van der Waals surface area (Å²) in [6, 6.07) is 0.431. The van der Waals surface area contributed by atoms with Crippen LogP contribution < -0.4 is 11.3 Å². The Morgan fingerprint density at radius 2 is 2.12 bits per heavy atom. The van der Waals surface area contributed by atoms with Crippen molar-refractivity contribution in [3.8, 4) is 0 Å². The number of rotatable bonds is 4. The van der Waals surface area contributed by atoms with E-state index in [-0.39, 0.29) is 11.4 Å². The Hall–Kier alpha value is -0.650. The van der Waals surface area contributed by atoms with Crippen LogP contribution in [0, 0.1) is 0 Å². The minimum atomic E-state index is -0.0785. The van der Waals surface area contributed by atoms with E-state index in [9.17, 15) is 4.79 Å². The quantitative estimate of drug-likeness (QED) is 0.419. The molecule has 0 spiro atoms. The van der Waals surface area contributed by atoms with E-state index in [1.807, 2.05) is 0 Å². The van der Waals surface area contributed by atoms with Gasteiger partial charge >= 0.3 is 0 Å². The third-order valence-electron chi connectivity index (χ3n) is 3.92. The largest absolute Gasteiger partial charge is 0.299 e. The second-order valence-electron chi connectivity index (χ2n) is 5.66. The molecule has 1 rings (SSSR count). The third kappa shape index (κ3) is 3.94. The van der Waals surface area contributed by atoms with Crippen LogP contribution in [-0.4, -0.2) is 54.0 Å². The number of hydrogen-bond donors (Lipinski definition) is 2. The van der Waals surface area contributed by atoms with Crippen molar-refractivity contribution >= 4 is 5.91 Å². The van der Waals surface area contributed by atoms with Crippen LogP contribution in [0.2, 0.25) is 0 Å². The molecule has 0 bridgehead atoms. The van der Waals surface area contributed by atoms with Gasteiger partial charge < -0.3 is 0 Å². The second-order valence-corrected chi connectivity index (χ2v) is 5.66. The summed E-state index contributed by atoms with van der Waals surface area (Å²) in [6.45, 7) is 9.92. The molecule has 100 valence electrons. The van der Waals surface area contributed by atoms with Gasteiger partial charge in [-0.2, -0.15) is 0 Å². The number of hydrazine groups is 1. The Kier molecular flexibility index (Phi) is 4.91. The van der Waals surface area contributed by atoms with Gasteiger partial charge in [0.2, 0.25) is 5.91 Å². The van der Waals surface area contributed by atoms with Gasteiger partial charge in [0.1, 0.15) is 0 Å². The number of likely N-dealkylation sites (N-methyl/N-ethyl adjacent to an activating group) is 1. The van der Waals surface area contributed by atoms with E-state index >= 15 is 0 Å². The molecule has 1 saturated heterocycles.